The minimum Gasteiger partial charge on any atom is -0.352 e. The number of benzene rings is 2. The molecule has 0 saturated heterocycles. The first kappa shape index (κ1) is 28.3. The Hall–Kier alpha value is -2.23. The molecule has 3 rings (SSSR count). The molecule has 1 atom stereocenters. The smallest absolute Gasteiger partial charge is 0.242 e. The van der Waals surface area contributed by atoms with E-state index in [4.69, 9.17) is 0 Å². The van der Waals surface area contributed by atoms with E-state index in [1.807, 2.05) is 24.3 Å². The van der Waals surface area contributed by atoms with Gasteiger partial charge >= 0.3 is 0 Å². The second-order valence-corrected chi connectivity index (χ2v) is 12.4. The molecule has 0 radical (unpaired) electrons. The van der Waals surface area contributed by atoms with Crippen molar-refractivity contribution in [2.45, 2.75) is 75.4 Å². The predicted molar refractivity (Wildman–Crippen MR) is 145 cm³/mol. The topological polar surface area (TPSA) is 86.8 Å². The first-order valence-electron chi connectivity index (χ1n) is 12.5. The Morgan fingerprint density at radius 3 is 2.42 bits per heavy atom. The van der Waals surface area contributed by atoms with Crippen LogP contribution < -0.4 is 5.32 Å². The molecular formula is C27H36BrN3O4S. The Bertz CT molecular complexity index is 1120. The molecule has 2 aromatic rings. The van der Waals surface area contributed by atoms with E-state index < -0.39 is 16.1 Å². The molecule has 1 aliphatic rings. The van der Waals surface area contributed by atoms with E-state index in [9.17, 15) is 18.0 Å². The minimum atomic E-state index is -3.62. The number of hydrogen-bond donors (Lipinski definition) is 1. The predicted octanol–water partition coefficient (Wildman–Crippen LogP) is 4.72. The van der Waals surface area contributed by atoms with E-state index >= 15 is 0 Å². The number of rotatable bonds is 11. The third-order valence-electron chi connectivity index (χ3n) is 6.68. The third kappa shape index (κ3) is 7.88. The van der Waals surface area contributed by atoms with E-state index in [-0.39, 0.29) is 35.7 Å². The second-order valence-electron chi connectivity index (χ2n) is 9.41. The van der Waals surface area contributed by atoms with E-state index in [0.29, 0.717) is 13.0 Å². The lowest BCUT2D eigenvalue weighted by Gasteiger charge is -2.31. The molecule has 2 aromatic carbocycles. The fourth-order valence-corrected chi connectivity index (χ4v) is 6.15. The highest BCUT2D eigenvalue weighted by molar-refractivity contribution is 9.10. The van der Waals surface area contributed by atoms with Crippen LogP contribution in [0.15, 0.2) is 64.0 Å². The number of amides is 2. The lowest BCUT2D eigenvalue weighted by Crippen LogP contribution is -2.50. The summed E-state index contributed by atoms with van der Waals surface area (Å²) in [6.45, 7) is 2.27. The zero-order chi connectivity index (χ0) is 26.1. The number of carbonyl (C=O) groups excluding carboxylic acids is 2. The van der Waals surface area contributed by atoms with Crippen molar-refractivity contribution in [1.29, 1.82) is 0 Å². The van der Waals surface area contributed by atoms with Crippen molar-refractivity contribution in [1.82, 2.24) is 14.5 Å². The van der Waals surface area contributed by atoms with Crippen LogP contribution in [0.2, 0.25) is 0 Å². The number of carbonyl (C=O) groups is 2. The highest BCUT2D eigenvalue weighted by Gasteiger charge is 2.28. The van der Waals surface area contributed by atoms with Crippen molar-refractivity contribution in [3.63, 3.8) is 0 Å². The average Bonchev–Trinajstić information content (AvgIpc) is 2.87. The molecule has 2 amide bonds. The summed E-state index contributed by atoms with van der Waals surface area (Å²) in [5.41, 5.74) is 0.916. The third-order valence-corrected chi connectivity index (χ3v) is 9.04. The first-order valence-corrected chi connectivity index (χ1v) is 14.8. The van der Waals surface area contributed by atoms with Gasteiger partial charge in [0.1, 0.15) is 6.04 Å². The lowest BCUT2D eigenvalue weighted by atomic mass is 9.95. The maximum absolute atomic E-state index is 13.3. The minimum absolute atomic E-state index is 0.143. The first-order chi connectivity index (χ1) is 17.2. The van der Waals surface area contributed by atoms with Crippen molar-refractivity contribution in [3.05, 3.63) is 64.6 Å². The van der Waals surface area contributed by atoms with Gasteiger partial charge in [-0.1, -0.05) is 65.5 Å². The Morgan fingerprint density at radius 1 is 1.06 bits per heavy atom. The molecule has 1 fully saturated rings. The van der Waals surface area contributed by atoms with Crippen molar-refractivity contribution in [2.24, 2.45) is 0 Å². The van der Waals surface area contributed by atoms with Gasteiger partial charge in [0.15, 0.2) is 0 Å². The SMILES string of the molecule is C[C@H](C(=O)NC1CCCCC1)N(Cc1cccc(Br)c1)C(=O)CCCN(C)S(=O)(=O)c1ccccc1. The van der Waals surface area contributed by atoms with Crippen LogP contribution in [-0.2, 0) is 26.2 Å². The molecule has 0 aliphatic heterocycles. The average molecular weight is 579 g/mol. The maximum Gasteiger partial charge on any atom is 0.242 e. The highest BCUT2D eigenvalue weighted by Crippen LogP contribution is 2.20. The van der Waals surface area contributed by atoms with Crippen LogP contribution in [0.25, 0.3) is 0 Å². The highest BCUT2D eigenvalue weighted by atomic mass is 79.9. The Balaban J connectivity index is 1.65. The van der Waals surface area contributed by atoms with Crippen LogP contribution in [0.1, 0.15) is 57.4 Å². The number of sulfonamides is 1. The molecule has 196 valence electrons. The standard InChI is InChI=1S/C27H36BrN3O4S/c1-21(27(33)29-24-13-5-3-6-14-24)31(20-22-11-9-12-23(28)19-22)26(32)17-10-18-30(2)36(34,35)25-15-7-4-8-16-25/h4,7-9,11-12,15-16,19,21,24H,3,5-6,10,13-14,17-18,20H2,1-2H3,(H,29,33)/t21-/m1/s1. The summed E-state index contributed by atoms with van der Waals surface area (Å²) in [7, 11) is -2.10. The van der Waals surface area contributed by atoms with Gasteiger partial charge < -0.3 is 10.2 Å². The molecule has 0 aromatic heterocycles. The monoisotopic (exact) mass is 577 g/mol. The molecule has 7 nitrogen and oxygen atoms in total. The Kier molecular flexibility index (Phi) is 10.5. The van der Waals surface area contributed by atoms with Gasteiger partial charge in [-0.15, -0.1) is 0 Å². The van der Waals surface area contributed by atoms with Crippen LogP contribution in [-0.4, -0.2) is 55.1 Å². The summed E-state index contributed by atoms with van der Waals surface area (Å²) in [6, 6.07) is 15.5. The fraction of sp³-hybridized carbons (Fsp3) is 0.481. The van der Waals surface area contributed by atoms with Gasteiger partial charge in [-0.3, -0.25) is 9.59 Å². The number of nitrogens with one attached hydrogen (secondary N) is 1. The molecule has 1 saturated carbocycles. The van der Waals surface area contributed by atoms with Gasteiger partial charge in [0.05, 0.1) is 4.90 Å². The zero-order valence-electron chi connectivity index (χ0n) is 21.0. The fourth-order valence-electron chi connectivity index (χ4n) is 4.47. The summed E-state index contributed by atoms with van der Waals surface area (Å²) in [6.07, 6.45) is 5.86. The van der Waals surface area contributed by atoms with Crippen molar-refractivity contribution >= 4 is 37.8 Å². The summed E-state index contributed by atoms with van der Waals surface area (Å²) < 4.78 is 27.7. The summed E-state index contributed by atoms with van der Waals surface area (Å²) in [4.78, 5) is 28.2. The van der Waals surface area contributed by atoms with E-state index in [1.165, 1.54) is 17.8 Å². The van der Waals surface area contributed by atoms with Gasteiger partial charge in [-0.2, -0.15) is 0 Å². The molecule has 0 bridgehead atoms. The Labute approximate surface area is 223 Å². The van der Waals surface area contributed by atoms with E-state index in [1.54, 1.807) is 42.2 Å². The second kappa shape index (κ2) is 13.4. The molecule has 9 heteroatoms. The number of nitrogens with zero attached hydrogens (tertiary/aromatic N) is 2. The quantitative estimate of drug-likeness (QED) is 0.418. The molecule has 36 heavy (non-hydrogen) atoms. The van der Waals surface area contributed by atoms with Crippen LogP contribution in [0.5, 0.6) is 0 Å². The molecule has 1 N–H and O–H groups in total. The number of halogens is 1. The molecule has 0 heterocycles. The maximum atomic E-state index is 13.3. The van der Waals surface area contributed by atoms with Crippen molar-refractivity contribution in [2.75, 3.05) is 13.6 Å². The van der Waals surface area contributed by atoms with Crippen LogP contribution in [0, 0.1) is 0 Å². The molecule has 0 spiro atoms. The lowest BCUT2D eigenvalue weighted by molar-refractivity contribution is -0.141. The van der Waals surface area contributed by atoms with Gasteiger partial charge in [0.2, 0.25) is 21.8 Å². The van der Waals surface area contributed by atoms with E-state index in [2.05, 4.69) is 21.2 Å². The van der Waals surface area contributed by atoms with Gasteiger partial charge in [-0.05, 0) is 56.0 Å². The molecular weight excluding hydrogens is 542 g/mol. The van der Waals surface area contributed by atoms with Crippen LogP contribution >= 0.6 is 15.9 Å². The summed E-state index contributed by atoms with van der Waals surface area (Å²) >= 11 is 3.47. The Morgan fingerprint density at radius 2 is 1.75 bits per heavy atom. The van der Waals surface area contributed by atoms with Crippen LogP contribution in [0.3, 0.4) is 0 Å². The zero-order valence-corrected chi connectivity index (χ0v) is 23.4. The molecule has 1 aliphatic carbocycles. The van der Waals surface area contributed by atoms with Crippen molar-refractivity contribution < 1.29 is 18.0 Å². The van der Waals surface area contributed by atoms with Gasteiger partial charge in [0.25, 0.3) is 0 Å². The van der Waals surface area contributed by atoms with Gasteiger partial charge in [0, 0.05) is 37.1 Å². The van der Waals surface area contributed by atoms with E-state index in [0.717, 1.165) is 35.7 Å². The normalized spacial score (nSPS) is 15.4. The summed E-state index contributed by atoms with van der Waals surface area (Å²) in [5, 5.41) is 3.13. The number of hydrogen-bond acceptors (Lipinski definition) is 4. The van der Waals surface area contributed by atoms with Crippen molar-refractivity contribution in [3.8, 4) is 0 Å². The summed E-state index contributed by atoms with van der Waals surface area (Å²) in [5.74, 6) is -0.319. The largest absolute Gasteiger partial charge is 0.352 e. The van der Waals surface area contributed by atoms with Crippen LogP contribution in [0.4, 0.5) is 0 Å². The van der Waals surface area contributed by atoms with Gasteiger partial charge in [-0.25, -0.2) is 12.7 Å². The molecule has 0 unspecified atom stereocenters.